The molecule has 0 aromatic heterocycles. The molecule has 4 nitrogen and oxygen atoms in total. The van der Waals surface area contributed by atoms with Crippen molar-refractivity contribution in [3.63, 3.8) is 0 Å². The lowest BCUT2D eigenvalue weighted by molar-refractivity contribution is -0.125. The third-order valence-corrected chi connectivity index (χ3v) is 3.11. The quantitative estimate of drug-likeness (QED) is 0.839. The molecule has 19 heavy (non-hydrogen) atoms. The number of carbonyl (C=O) groups is 2. The van der Waals surface area contributed by atoms with E-state index in [1.54, 1.807) is 0 Å². The van der Waals surface area contributed by atoms with Crippen LogP contribution in [0.2, 0.25) is 0 Å². The number of hydrogen-bond donors (Lipinski definition) is 1. The minimum absolute atomic E-state index is 0.0168. The molecule has 1 aromatic carbocycles. The molecular weight excluding hydrogens is 254 g/mol. The minimum Gasteiger partial charge on any atom is -0.345 e. The summed E-state index contributed by atoms with van der Waals surface area (Å²) >= 11 is 0. The molecule has 1 aliphatic heterocycles. The molecule has 0 aliphatic carbocycles. The zero-order valence-electron chi connectivity index (χ0n) is 10.7. The van der Waals surface area contributed by atoms with Crippen LogP contribution in [0.3, 0.4) is 0 Å². The molecule has 0 spiro atoms. The van der Waals surface area contributed by atoms with Crippen LogP contribution in [-0.4, -0.2) is 24.4 Å². The average Bonchev–Trinajstić information content (AvgIpc) is 2.47. The van der Waals surface area contributed by atoms with Crippen LogP contribution in [0.5, 0.6) is 0 Å². The highest BCUT2D eigenvalue weighted by Gasteiger charge is 2.31. The molecule has 0 bridgehead atoms. The molecule has 0 saturated carbocycles. The highest BCUT2D eigenvalue weighted by atomic mass is 19.1. The Labute approximate surface area is 109 Å². The first kappa shape index (κ1) is 13.5. The summed E-state index contributed by atoms with van der Waals surface area (Å²) in [6.07, 6.45) is 0.0168. The normalized spacial score (nSPS) is 20.2. The van der Waals surface area contributed by atoms with Gasteiger partial charge in [-0.3, -0.25) is 9.59 Å². The molecule has 1 aliphatic rings. The molecule has 102 valence electrons. The summed E-state index contributed by atoms with van der Waals surface area (Å²) in [4.78, 5) is 24.5. The number of hydrogen-bond acceptors (Lipinski definition) is 2. The maximum atomic E-state index is 14.0. The lowest BCUT2D eigenvalue weighted by Gasteiger charge is -2.23. The number of benzene rings is 1. The number of nitrogens with one attached hydrogen (secondary N) is 1. The van der Waals surface area contributed by atoms with E-state index >= 15 is 0 Å². The van der Waals surface area contributed by atoms with Crippen molar-refractivity contribution < 1.29 is 18.4 Å². The highest BCUT2D eigenvalue weighted by Crippen LogP contribution is 2.27. The number of amides is 2. The fourth-order valence-electron chi connectivity index (χ4n) is 2.04. The second-order valence-corrected chi connectivity index (χ2v) is 4.56. The maximum Gasteiger partial charge on any atom is 0.249 e. The first-order chi connectivity index (χ1) is 8.91. The molecule has 0 radical (unpaired) electrons. The van der Waals surface area contributed by atoms with Crippen molar-refractivity contribution in [2.24, 2.45) is 0 Å². The standard InChI is InChI=1S/C13H14F2N2O2/c1-7-3-4-9(14)12(11(7)15)17-6-5-10(18)16-8(2)13(17)19/h3-4,8H,5-6H2,1-2H3,(H,16,18). The van der Waals surface area contributed by atoms with Crippen molar-refractivity contribution in [3.05, 3.63) is 29.3 Å². The number of carbonyl (C=O) groups excluding carboxylic acids is 2. The monoisotopic (exact) mass is 268 g/mol. The Hall–Kier alpha value is -1.98. The molecule has 2 rings (SSSR count). The van der Waals surface area contributed by atoms with Crippen LogP contribution in [-0.2, 0) is 9.59 Å². The molecule has 1 aromatic rings. The molecule has 6 heteroatoms. The first-order valence-electron chi connectivity index (χ1n) is 5.97. The third-order valence-electron chi connectivity index (χ3n) is 3.11. The predicted molar refractivity (Wildman–Crippen MR) is 65.7 cm³/mol. The maximum absolute atomic E-state index is 14.0. The summed E-state index contributed by atoms with van der Waals surface area (Å²) < 4.78 is 27.8. The van der Waals surface area contributed by atoms with Crippen LogP contribution >= 0.6 is 0 Å². The Morgan fingerprint density at radius 1 is 1.32 bits per heavy atom. The van der Waals surface area contributed by atoms with Crippen LogP contribution in [0.1, 0.15) is 18.9 Å². The van der Waals surface area contributed by atoms with Gasteiger partial charge in [-0.1, -0.05) is 6.07 Å². The van der Waals surface area contributed by atoms with E-state index in [0.717, 1.165) is 11.0 Å². The van der Waals surface area contributed by atoms with Crippen LogP contribution < -0.4 is 10.2 Å². The molecule has 1 heterocycles. The second-order valence-electron chi connectivity index (χ2n) is 4.56. The molecular formula is C13H14F2N2O2. The number of rotatable bonds is 1. The van der Waals surface area contributed by atoms with E-state index < -0.39 is 23.6 Å². The van der Waals surface area contributed by atoms with Crippen molar-refractivity contribution in [3.8, 4) is 0 Å². The van der Waals surface area contributed by atoms with Gasteiger partial charge in [0.2, 0.25) is 11.8 Å². The molecule has 1 fully saturated rings. The second kappa shape index (κ2) is 4.95. The third kappa shape index (κ3) is 2.43. The molecule has 1 N–H and O–H groups in total. The van der Waals surface area contributed by atoms with E-state index in [0.29, 0.717) is 0 Å². The van der Waals surface area contributed by atoms with Crippen LogP contribution in [0, 0.1) is 18.6 Å². The fourth-order valence-corrected chi connectivity index (χ4v) is 2.04. The van der Waals surface area contributed by atoms with Gasteiger partial charge in [-0.15, -0.1) is 0 Å². The van der Waals surface area contributed by atoms with Gasteiger partial charge in [0.05, 0.1) is 0 Å². The summed E-state index contributed by atoms with van der Waals surface area (Å²) in [5.41, 5.74) is -0.131. The van der Waals surface area contributed by atoms with Crippen molar-refractivity contribution in [2.45, 2.75) is 26.3 Å². The average molecular weight is 268 g/mol. The van der Waals surface area contributed by atoms with Crippen molar-refractivity contribution in [1.29, 1.82) is 0 Å². The zero-order chi connectivity index (χ0) is 14.2. The van der Waals surface area contributed by atoms with Gasteiger partial charge in [-0.2, -0.15) is 0 Å². The van der Waals surface area contributed by atoms with Crippen LogP contribution in [0.4, 0.5) is 14.5 Å². The predicted octanol–water partition coefficient (Wildman–Crippen LogP) is 1.51. The minimum atomic E-state index is -0.807. The smallest absolute Gasteiger partial charge is 0.249 e. The Morgan fingerprint density at radius 2 is 2.00 bits per heavy atom. The summed E-state index contributed by atoms with van der Waals surface area (Å²) in [7, 11) is 0. The van der Waals surface area contributed by atoms with Gasteiger partial charge in [0.25, 0.3) is 0 Å². The summed E-state index contributed by atoms with van der Waals surface area (Å²) in [6.45, 7) is 2.95. The Morgan fingerprint density at radius 3 is 2.68 bits per heavy atom. The van der Waals surface area contributed by atoms with Gasteiger partial charge in [0.1, 0.15) is 17.5 Å². The van der Waals surface area contributed by atoms with Crippen molar-refractivity contribution in [1.82, 2.24) is 5.32 Å². The van der Waals surface area contributed by atoms with Gasteiger partial charge in [0.15, 0.2) is 5.82 Å². The van der Waals surface area contributed by atoms with E-state index in [2.05, 4.69) is 5.32 Å². The number of halogens is 2. The SMILES string of the molecule is Cc1ccc(F)c(N2CCC(=O)NC(C)C2=O)c1F. The Kier molecular flexibility index (Phi) is 3.50. The Bertz CT molecular complexity index is 546. The Balaban J connectivity index is 2.48. The van der Waals surface area contributed by atoms with E-state index in [-0.39, 0.29) is 30.1 Å². The van der Waals surface area contributed by atoms with Gasteiger partial charge >= 0.3 is 0 Å². The first-order valence-corrected chi connectivity index (χ1v) is 5.97. The number of nitrogens with zero attached hydrogens (tertiary/aromatic N) is 1. The van der Waals surface area contributed by atoms with Crippen molar-refractivity contribution >= 4 is 17.5 Å². The van der Waals surface area contributed by atoms with E-state index in [9.17, 15) is 18.4 Å². The van der Waals surface area contributed by atoms with Crippen LogP contribution in [0.15, 0.2) is 12.1 Å². The fraction of sp³-hybridized carbons (Fsp3) is 0.385. The largest absolute Gasteiger partial charge is 0.345 e. The highest BCUT2D eigenvalue weighted by molar-refractivity contribution is 6.01. The number of aryl methyl sites for hydroxylation is 1. The van der Waals surface area contributed by atoms with Gasteiger partial charge < -0.3 is 10.2 Å². The summed E-state index contributed by atoms with van der Waals surface area (Å²) in [5.74, 6) is -2.40. The van der Waals surface area contributed by atoms with Gasteiger partial charge in [-0.25, -0.2) is 8.78 Å². The van der Waals surface area contributed by atoms with E-state index in [4.69, 9.17) is 0 Å². The van der Waals surface area contributed by atoms with Crippen LogP contribution in [0.25, 0.3) is 0 Å². The lowest BCUT2D eigenvalue weighted by atomic mass is 10.1. The zero-order valence-corrected chi connectivity index (χ0v) is 10.7. The van der Waals surface area contributed by atoms with Gasteiger partial charge in [0, 0.05) is 13.0 Å². The lowest BCUT2D eigenvalue weighted by Crippen LogP contribution is -2.43. The van der Waals surface area contributed by atoms with E-state index in [1.807, 2.05) is 0 Å². The number of anilines is 1. The van der Waals surface area contributed by atoms with E-state index in [1.165, 1.54) is 19.9 Å². The molecule has 2 amide bonds. The van der Waals surface area contributed by atoms with Crippen molar-refractivity contribution in [2.75, 3.05) is 11.4 Å². The molecule has 1 atom stereocenters. The topological polar surface area (TPSA) is 49.4 Å². The summed E-state index contributed by atoms with van der Waals surface area (Å²) in [6, 6.07) is 1.63. The van der Waals surface area contributed by atoms with Gasteiger partial charge in [-0.05, 0) is 25.5 Å². The molecule has 1 saturated heterocycles. The summed E-state index contributed by atoms with van der Waals surface area (Å²) in [5, 5.41) is 2.47. The molecule has 1 unspecified atom stereocenters.